The van der Waals surface area contributed by atoms with Gasteiger partial charge in [-0.1, -0.05) is 37.3 Å². The Morgan fingerprint density at radius 2 is 1.94 bits per heavy atom. The number of ether oxygens (including phenoxy) is 1. The first-order valence-corrected chi connectivity index (χ1v) is 11.6. The summed E-state index contributed by atoms with van der Waals surface area (Å²) in [7, 11) is 3.65. The predicted molar refractivity (Wildman–Crippen MR) is 131 cm³/mol. The molecule has 2 fully saturated rings. The fourth-order valence-corrected chi connectivity index (χ4v) is 5.49. The highest BCUT2D eigenvalue weighted by molar-refractivity contribution is 6.01. The number of piperidine rings is 1. The molecule has 5 rings (SSSR count). The number of nitrogens with zero attached hydrogens (tertiary/aromatic N) is 1. The van der Waals surface area contributed by atoms with Crippen LogP contribution in [0, 0.1) is 5.92 Å². The van der Waals surface area contributed by atoms with E-state index in [-0.39, 0.29) is 24.2 Å². The van der Waals surface area contributed by atoms with Crippen LogP contribution in [-0.2, 0) is 11.3 Å². The van der Waals surface area contributed by atoms with E-state index in [1.54, 1.807) is 7.11 Å². The smallest absolute Gasteiger partial charge is 0.230 e. The van der Waals surface area contributed by atoms with Gasteiger partial charge in [-0.3, -0.25) is 4.79 Å². The van der Waals surface area contributed by atoms with Crippen molar-refractivity contribution in [2.75, 3.05) is 19.1 Å². The largest absolute Gasteiger partial charge is 0.496 e. The van der Waals surface area contributed by atoms with Crippen LogP contribution in [0.4, 0.5) is 5.69 Å². The van der Waals surface area contributed by atoms with Gasteiger partial charge in [0.25, 0.3) is 0 Å². The van der Waals surface area contributed by atoms with Gasteiger partial charge in [0.1, 0.15) is 5.75 Å². The molecule has 5 nitrogen and oxygen atoms in total. The van der Waals surface area contributed by atoms with Crippen LogP contribution in [0.2, 0.25) is 0 Å². The Morgan fingerprint density at radius 3 is 2.66 bits per heavy atom. The molecule has 0 spiro atoms. The summed E-state index contributed by atoms with van der Waals surface area (Å²) in [6.07, 6.45) is 4.44. The Morgan fingerprint density at radius 1 is 1.16 bits per heavy atom. The Bertz CT molecular complexity index is 967. The first kappa shape index (κ1) is 23.1. The summed E-state index contributed by atoms with van der Waals surface area (Å²) in [6.45, 7) is 2.98. The number of anilines is 1. The Hall–Kier alpha value is -2.08. The maximum atomic E-state index is 12.5. The maximum Gasteiger partial charge on any atom is 0.230 e. The predicted octanol–water partition coefficient (Wildman–Crippen LogP) is 4.56. The third-order valence-corrected chi connectivity index (χ3v) is 7.48. The summed E-state index contributed by atoms with van der Waals surface area (Å²) in [4.78, 5) is 14.4. The van der Waals surface area contributed by atoms with Crippen LogP contribution in [0.15, 0.2) is 42.5 Å². The third kappa shape index (κ3) is 4.14. The van der Waals surface area contributed by atoms with Crippen molar-refractivity contribution < 1.29 is 9.53 Å². The Balaban J connectivity index is 0.00000245. The van der Waals surface area contributed by atoms with E-state index in [2.05, 4.69) is 60.0 Å². The molecule has 3 aliphatic rings. The molecule has 1 saturated heterocycles. The van der Waals surface area contributed by atoms with Crippen LogP contribution in [0.25, 0.3) is 0 Å². The lowest BCUT2D eigenvalue weighted by atomic mass is 9.88. The lowest BCUT2D eigenvalue weighted by molar-refractivity contribution is -0.119. The molecule has 0 aromatic heterocycles. The van der Waals surface area contributed by atoms with E-state index in [4.69, 9.17) is 4.74 Å². The number of benzene rings is 2. The van der Waals surface area contributed by atoms with Crippen molar-refractivity contribution in [2.45, 2.75) is 63.2 Å². The normalized spacial score (nSPS) is 28.4. The number of methoxy groups -OCH3 is 1. The van der Waals surface area contributed by atoms with Gasteiger partial charge in [-0.2, -0.15) is 0 Å². The SMILES string of the molecule is CC[C@@H]1CC[C@@H](NCc2cc3c(cc2OC)C2C[C@@H]2C(=O)N3C)[C@@H](c2ccccc2)N1.Cl. The number of hydrogen-bond donors (Lipinski definition) is 2. The van der Waals surface area contributed by atoms with E-state index in [9.17, 15) is 4.79 Å². The van der Waals surface area contributed by atoms with Crippen molar-refractivity contribution in [2.24, 2.45) is 5.92 Å². The molecular weight excluding hydrogens is 422 g/mol. The second-order valence-electron chi connectivity index (χ2n) is 9.29. The average molecular weight is 456 g/mol. The van der Waals surface area contributed by atoms with Crippen LogP contribution in [0.1, 0.15) is 61.3 Å². The van der Waals surface area contributed by atoms with Crippen molar-refractivity contribution in [1.29, 1.82) is 0 Å². The number of fused-ring (bicyclic) bond motifs is 3. The number of carbonyl (C=O) groups excluding carboxylic acids is 1. The Labute approximate surface area is 197 Å². The summed E-state index contributed by atoms with van der Waals surface area (Å²) in [5.41, 5.74) is 4.76. The molecule has 1 amide bonds. The number of amides is 1. The minimum atomic E-state index is 0. The van der Waals surface area contributed by atoms with Crippen molar-refractivity contribution in [1.82, 2.24) is 10.6 Å². The number of hydrogen-bond acceptors (Lipinski definition) is 4. The van der Waals surface area contributed by atoms with E-state index in [0.717, 1.165) is 42.8 Å². The van der Waals surface area contributed by atoms with Crippen molar-refractivity contribution in [3.63, 3.8) is 0 Å². The van der Waals surface area contributed by atoms with Crippen LogP contribution in [0.5, 0.6) is 5.75 Å². The van der Waals surface area contributed by atoms with E-state index >= 15 is 0 Å². The van der Waals surface area contributed by atoms with Gasteiger partial charge in [-0.15, -0.1) is 12.4 Å². The quantitative estimate of drug-likeness (QED) is 0.670. The second-order valence-corrected chi connectivity index (χ2v) is 9.29. The van der Waals surface area contributed by atoms with Gasteiger partial charge in [-0.05, 0) is 54.9 Å². The number of carbonyl (C=O) groups is 1. The second kappa shape index (κ2) is 9.42. The van der Waals surface area contributed by atoms with Crippen LogP contribution < -0.4 is 20.3 Å². The first-order valence-electron chi connectivity index (χ1n) is 11.6. The van der Waals surface area contributed by atoms with Gasteiger partial charge in [0.15, 0.2) is 0 Å². The zero-order valence-electron chi connectivity index (χ0n) is 19.1. The number of rotatable bonds is 6. The molecule has 2 N–H and O–H groups in total. The fraction of sp³-hybridized carbons (Fsp3) is 0.500. The monoisotopic (exact) mass is 455 g/mol. The molecule has 172 valence electrons. The van der Waals surface area contributed by atoms with Gasteiger partial charge in [0.05, 0.1) is 7.11 Å². The summed E-state index contributed by atoms with van der Waals surface area (Å²) >= 11 is 0. The fourth-order valence-electron chi connectivity index (χ4n) is 5.49. The molecule has 1 saturated carbocycles. The molecule has 0 bridgehead atoms. The van der Waals surface area contributed by atoms with E-state index in [1.165, 1.54) is 17.5 Å². The number of halogens is 1. The molecule has 0 radical (unpaired) electrons. The van der Waals surface area contributed by atoms with Gasteiger partial charge in [0, 0.05) is 48.9 Å². The van der Waals surface area contributed by atoms with Crippen molar-refractivity contribution in [3.05, 3.63) is 59.2 Å². The van der Waals surface area contributed by atoms with E-state index < -0.39 is 0 Å². The van der Waals surface area contributed by atoms with Crippen LogP contribution in [-0.4, -0.2) is 32.1 Å². The summed E-state index contributed by atoms with van der Waals surface area (Å²) < 4.78 is 5.77. The lowest BCUT2D eigenvalue weighted by Crippen LogP contribution is -2.49. The summed E-state index contributed by atoms with van der Waals surface area (Å²) in [6, 6.07) is 16.3. The standard InChI is InChI=1S/C26H33N3O2.ClH/c1-4-18-10-11-22(25(28-18)16-8-6-5-7-9-16)27-15-17-12-23-20(14-24(17)31-3)19-13-21(19)26(30)29(23)2;/h5-9,12,14,18-19,21-22,25,27-28H,4,10-11,13,15H2,1-3H3;1H/t18-,19?,21+,22-,25-;/m1./s1. The summed E-state index contributed by atoms with van der Waals surface area (Å²) in [5, 5.41) is 7.68. The molecule has 6 heteroatoms. The molecule has 32 heavy (non-hydrogen) atoms. The van der Waals surface area contributed by atoms with Crippen molar-refractivity contribution in [3.8, 4) is 5.75 Å². The zero-order chi connectivity index (χ0) is 21.5. The zero-order valence-corrected chi connectivity index (χ0v) is 20.0. The number of nitrogens with one attached hydrogen (secondary N) is 2. The average Bonchev–Trinajstić information content (AvgIpc) is 3.62. The summed E-state index contributed by atoms with van der Waals surface area (Å²) in [5.74, 6) is 1.74. The van der Waals surface area contributed by atoms with Crippen LogP contribution in [0.3, 0.4) is 0 Å². The molecule has 2 aromatic rings. The van der Waals surface area contributed by atoms with Gasteiger partial charge < -0.3 is 20.3 Å². The highest BCUT2D eigenvalue weighted by atomic mass is 35.5. The molecule has 2 aliphatic heterocycles. The highest BCUT2D eigenvalue weighted by Gasteiger charge is 2.50. The Kier molecular flexibility index (Phi) is 6.80. The lowest BCUT2D eigenvalue weighted by Gasteiger charge is -2.38. The maximum absolute atomic E-state index is 12.5. The molecule has 5 atom stereocenters. The van der Waals surface area contributed by atoms with Crippen molar-refractivity contribution >= 4 is 24.0 Å². The first-order chi connectivity index (χ1) is 15.1. The highest BCUT2D eigenvalue weighted by Crippen LogP contribution is 2.56. The molecule has 1 unspecified atom stereocenters. The minimum absolute atomic E-state index is 0. The minimum Gasteiger partial charge on any atom is -0.496 e. The molecule has 2 heterocycles. The molecule has 2 aromatic carbocycles. The molecular formula is C26H34ClN3O2. The third-order valence-electron chi connectivity index (χ3n) is 7.48. The topological polar surface area (TPSA) is 53.6 Å². The van der Waals surface area contributed by atoms with Gasteiger partial charge in [0.2, 0.25) is 5.91 Å². The van der Waals surface area contributed by atoms with E-state index in [1.807, 2.05) is 11.9 Å². The van der Waals surface area contributed by atoms with Gasteiger partial charge >= 0.3 is 0 Å². The van der Waals surface area contributed by atoms with Gasteiger partial charge in [-0.25, -0.2) is 0 Å². The van der Waals surface area contributed by atoms with Crippen LogP contribution >= 0.6 is 12.4 Å². The van der Waals surface area contributed by atoms with E-state index in [0.29, 0.717) is 24.0 Å². The molecule has 1 aliphatic carbocycles.